The summed E-state index contributed by atoms with van der Waals surface area (Å²) in [6, 6.07) is 6.41. The molecule has 2 N–H and O–H groups in total. The highest BCUT2D eigenvalue weighted by Crippen LogP contribution is 2.25. The summed E-state index contributed by atoms with van der Waals surface area (Å²) >= 11 is 6.18. The van der Waals surface area contributed by atoms with Gasteiger partial charge in [-0.15, -0.1) is 0 Å². The third-order valence-corrected chi connectivity index (χ3v) is 3.78. The molecule has 0 saturated carbocycles. The van der Waals surface area contributed by atoms with E-state index < -0.39 is 5.60 Å². The number of hydrogen-bond acceptors (Lipinski definition) is 3. The molecule has 100 valence electrons. The number of hydrogen-bond donors (Lipinski definition) is 2. The number of rotatable bonds is 1. The third kappa shape index (κ3) is 3.16. The van der Waals surface area contributed by atoms with Crippen molar-refractivity contribution in [1.82, 2.24) is 5.32 Å². The smallest absolute Gasteiger partial charge is 0.0917 e. The number of halogens is 1. The van der Waals surface area contributed by atoms with Gasteiger partial charge in [0.05, 0.1) is 5.60 Å². The average Bonchev–Trinajstić information content (AvgIpc) is 2.42. The molecule has 0 aromatic heterocycles. The number of benzene rings is 1. The molecular formula is C14H21ClN2O. The first kappa shape index (κ1) is 13.7. The molecule has 1 aliphatic rings. The first-order chi connectivity index (χ1) is 8.37. The largest absolute Gasteiger partial charge is 0.387 e. The average molecular weight is 269 g/mol. The lowest BCUT2D eigenvalue weighted by molar-refractivity contribution is 0.0718. The molecule has 0 bridgehead atoms. The highest BCUT2D eigenvalue weighted by Gasteiger charge is 2.29. The van der Waals surface area contributed by atoms with E-state index in [9.17, 15) is 5.11 Å². The van der Waals surface area contributed by atoms with Crippen molar-refractivity contribution in [3.63, 3.8) is 0 Å². The maximum Gasteiger partial charge on any atom is 0.0917 e. The van der Waals surface area contributed by atoms with Crippen molar-refractivity contribution < 1.29 is 5.11 Å². The van der Waals surface area contributed by atoms with Gasteiger partial charge in [0.1, 0.15) is 0 Å². The lowest BCUT2D eigenvalue weighted by Gasteiger charge is -2.30. The molecule has 0 amide bonds. The van der Waals surface area contributed by atoms with Crippen LogP contribution in [0.4, 0.5) is 5.69 Å². The fourth-order valence-corrected chi connectivity index (χ4v) is 2.47. The van der Waals surface area contributed by atoms with Gasteiger partial charge in [-0.3, -0.25) is 0 Å². The van der Waals surface area contributed by atoms with Crippen molar-refractivity contribution >= 4 is 17.3 Å². The summed E-state index contributed by atoms with van der Waals surface area (Å²) in [6.07, 6.45) is 0. The molecule has 1 heterocycles. The Labute approximate surface area is 114 Å². The van der Waals surface area contributed by atoms with E-state index in [4.69, 9.17) is 11.6 Å². The standard InChI is InChI=1S/C14H21ClN2O/c1-10-4-5-12(6-13(10)15)17-7-11(2)16-8-14(3,18)9-17/h4-6,11,16,18H,7-9H2,1-3H3. The molecule has 3 nitrogen and oxygen atoms in total. The zero-order valence-corrected chi connectivity index (χ0v) is 12.0. The van der Waals surface area contributed by atoms with Crippen LogP contribution in [-0.4, -0.2) is 36.4 Å². The summed E-state index contributed by atoms with van der Waals surface area (Å²) in [4.78, 5) is 2.19. The summed E-state index contributed by atoms with van der Waals surface area (Å²) in [7, 11) is 0. The van der Waals surface area contributed by atoms with E-state index in [0.717, 1.165) is 22.8 Å². The van der Waals surface area contributed by atoms with Gasteiger partial charge in [0.2, 0.25) is 0 Å². The maximum atomic E-state index is 10.3. The number of aliphatic hydroxyl groups is 1. The van der Waals surface area contributed by atoms with Crippen LogP contribution in [0, 0.1) is 6.92 Å². The molecule has 2 rings (SSSR count). The van der Waals surface area contributed by atoms with Crippen molar-refractivity contribution in [2.75, 3.05) is 24.5 Å². The zero-order valence-electron chi connectivity index (χ0n) is 11.2. The summed E-state index contributed by atoms with van der Waals surface area (Å²) in [6.45, 7) is 8.09. The van der Waals surface area contributed by atoms with E-state index in [2.05, 4.69) is 23.2 Å². The Kier molecular flexibility index (Phi) is 3.85. The minimum atomic E-state index is -0.720. The van der Waals surface area contributed by atoms with Crippen molar-refractivity contribution in [3.8, 4) is 0 Å². The summed E-state index contributed by atoms with van der Waals surface area (Å²) < 4.78 is 0. The van der Waals surface area contributed by atoms with Gasteiger partial charge in [0, 0.05) is 36.4 Å². The Morgan fingerprint density at radius 1 is 1.50 bits per heavy atom. The van der Waals surface area contributed by atoms with E-state index in [0.29, 0.717) is 19.1 Å². The van der Waals surface area contributed by atoms with Gasteiger partial charge >= 0.3 is 0 Å². The molecule has 1 fully saturated rings. The van der Waals surface area contributed by atoms with Crippen molar-refractivity contribution in [2.24, 2.45) is 0 Å². The zero-order chi connectivity index (χ0) is 13.3. The topological polar surface area (TPSA) is 35.5 Å². The van der Waals surface area contributed by atoms with E-state index in [-0.39, 0.29) is 0 Å². The summed E-state index contributed by atoms with van der Waals surface area (Å²) in [5.41, 5.74) is 1.43. The lowest BCUT2D eigenvalue weighted by atomic mass is 10.1. The van der Waals surface area contributed by atoms with Crippen molar-refractivity contribution in [2.45, 2.75) is 32.4 Å². The molecule has 1 saturated heterocycles. The van der Waals surface area contributed by atoms with Gasteiger partial charge in [-0.05, 0) is 38.5 Å². The Hall–Kier alpha value is -0.770. The fourth-order valence-electron chi connectivity index (χ4n) is 2.30. The maximum absolute atomic E-state index is 10.3. The number of anilines is 1. The van der Waals surface area contributed by atoms with Gasteiger partial charge in [0.15, 0.2) is 0 Å². The molecule has 4 heteroatoms. The molecule has 1 aliphatic heterocycles. The number of β-amino-alcohol motifs (C(OH)–C–C–N with tert-alkyl or cyclic N) is 1. The first-order valence-electron chi connectivity index (χ1n) is 6.34. The monoisotopic (exact) mass is 268 g/mol. The van der Waals surface area contributed by atoms with Gasteiger partial charge in [-0.1, -0.05) is 17.7 Å². The van der Waals surface area contributed by atoms with E-state index in [1.165, 1.54) is 0 Å². The van der Waals surface area contributed by atoms with Gasteiger partial charge < -0.3 is 15.3 Å². The first-order valence-corrected chi connectivity index (χ1v) is 6.72. The van der Waals surface area contributed by atoms with E-state index in [1.54, 1.807) is 0 Å². The second kappa shape index (κ2) is 5.08. The Balaban J connectivity index is 2.26. The molecule has 1 aromatic carbocycles. The predicted molar refractivity (Wildman–Crippen MR) is 76.5 cm³/mol. The number of nitrogens with zero attached hydrogens (tertiary/aromatic N) is 1. The summed E-state index contributed by atoms with van der Waals surface area (Å²) in [5, 5.41) is 14.4. The van der Waals surface area contributed by atoms with Crippen LogP contribution < -0.4 is 10.2 Å². The van der Waals surface area contributed by atoms with Crippen LogP contribution in [0.5, 0.6) is 0 Å². The molecule has 0 aliphatic carbocycles. The van der Waals surface area contributed by atoms with Gasteiger partial charge in [0.25, 0.3) is 0 Å². The molecule has 0 spiro atoms. The molecule has 18 heavy (non-hydrogen) atoms. The van der Waals surface area contributed by atoms with Crippen molar-refractivity contribution in [3.05, 3.63) is 28.8 Å². The Bertz CT molecular complexity index is 434. The number of aryl methyl sites for hydroxylation is 1. The van der Waals surface area contributed by atoms with Crippen LogP contribution in [0.15, 0.2) is 18.2 Å². The molecule has 0 radical (unpaired) electrons. The van der Waals surface area contributed by atoms with Crippen LogP contribution in [0.3, 0.4) is 0 Å². The molecule has 2 atom stereocenters. The third-order valence-electron chi connectivity index (χ3n) is 3.38. The second-order valence-electron chi connectivity index (χ2n) is 5.59. The van der Waals surface area contributed by atoms with Gasteiger partial charge in [-0.25, -0.2) is 0 Å². The normalized spacial score (nSPS) is 29.2. The van der Waals surface area contributed by atoms with Crippen LogP contribution >= 0.6 is 11.6 Å². The minimum absolute atomic E-state index is 0.346. The number of nitrogens with one attached hydrogen (secondary N) is 1. The molecule has 1 aromatic rings. The Morgan fingerprint density at radius 3 is 2.89 bits per heavy atom. The predicted octanol–water partition coefficient (Wildman–Crippen LogP) is 2.20. The van der Waals surface area contributed by atoms with Crippen LogP contribution in [-0.2, 0) is 0 Å². The highest BCUT2D eigenvalue weighted by molar-refractivity contribution is 6.31. The SMILES string of the molecule is Cc1ccc(N2CC(C)NCC(C)(O)C2)cc1Cl. The second-order valence-corrected chi connectivity index (χ2v) is 6.00. The van der Waals surface area contributed by atoms with E-state index in [1.807, 2.05) is 26.0 Å². The van der Waals surface area contributed by atoms with Crippen molar-refractivity contribution in [1.29, 1.82) is 0 Å². The molecule has 2 unspecified atom stereocenters. The Morgan fingerprint density at radius 2 is 2.22 bits per heavy atom. The molecular weight excluding hydrogens is 248 g/mol. The van der Waals surface area contributed by atoms with Crippen LogP contribution in [0.1, 0.15) is 19.4 Å². The van der Waals surface area contributed by atoms with Crippen LogP contribution in [0.25, 0.3) is 0 Å². The van der Waals surface area contributed by atoms with Crippen LogP contribution in [0.2, 0.25) is 5.02 Å². The summed E-state index contributed by atoms with van der Waals surface area (Å²) in [5.74, 6) is 0. The van der Waals surface area contributed by atoms with Gasteiger partial charge in [-0.2, -0.15) is 0 Å². The minimum Gasteiger partial charge on any atom is -0.387 e. The highest BCUT2D eigenvalue weighted by atomic mass is 35.5. The van der Waals surface area contributed by atoms with E-state index >= 15 is 0 Å². The fraction of sp³-hybridized carbons (Fsp3) is 0.571. The quantitative estimate of drug-likeness (QED) is 0.820. The lowest BCUT2D eigenvalue weighted by Crippen LogP contribution is -2.43.